The van der Waals surface area contributed by atoms with Crippen LogP contribution in [0.2, 0.25) is 0 Å². The Morgan fingerprint density at radius 1 is 1.28 bits per heavy atom. The third-order valence-electron chi connectivity index (χ3n) is 1.69. The number of rotatable bonds is 7. The molecule has 0 bridgehead atoms. The molecular weight excluding hydrogens is 240 g/mol. The number of alkyl carbamates (subject to hydrolysis) is 2. The van der Waals surface area contributed by atoms with Gasteiger partial charge in [-0.1, -0.05) is 6.58 Å². The Kier molecular flexibility index (Phi) is 8.00. The highest BCUT2D eigenvalue weighted by atomic mass is 16.6. The lowest BCUT2D eigenvalue weighted by atomic mass is 10.2. The third kappa shape index (κ3) is 8.14. The van der Waals surface area contributed by atoms with Gasteiger partial charge in [0, 0.05) is 12.2 Å². The molecule has 102 valence electrons. The summed E-state index contributed by atoms with van der Waals surface area (Å²) in [5.41, 5.74) is 0.432. The van der Waals surface area contributed by atoms with Gasteiger partial charge >= 0.3 is 12.2 Å². The van der Waals surface area contributed by atoms with E-state index in [2.05, 4.69) is 17.2 Å². The van der Waals surface area contributed by atoms with Crippen LogP contribution >= 0.6 is 0 Å². The van der Waals surface area contributed by atoms with Gasteiger partial charge in [0.05, 0.1) is 5.92 Å². The first-order valence-corrected chi connectivity index (χ1v) is 5.44. The van der Waals surface area contributed by atoms with Crippen LogP contribution in [-0.4, -0.2) is 38.2 Å². The van der Waals surface area contributed by atoms with Crippen molar-refractivity contribution < 1.29 is 23.9 Å². The van der Waals surface area contributed by atoms with E-state index in [1.165, 1.54) is 0 Å². The van der Waals surface area contributed by atoms with Crippen molar-refractivity contribution in [1.29, 1.82) is 0 Å². The van der Waals surface area contributed by atoms with Crippen LogP contribution in [0.4, 0.5) is 9.59 Å². The number of carbonyl (C=O) groups excluding carboxylic acids is 3. The molecular formula is C11H18N2O5. The molecule has 0 aliphatic rings. The van der Waals surface area contributed by atoms with E-state index in [1.54, 1.807) is 13.8 Å². The quantitative estimate of drug-likeness (QED) is 0.659. The molecule has 18 heavy (non-hydrogen) atoms. The maximum atomic E-state index is 11.1. The Hall–Kier alpha value is -2.05. The standard InChI is InChI=1S/C11H18N2O5/c1-4-12-10(15)17-6-9(5-14)7-18-11(16)13-8(2)3/h5,9H,2,4,6-7H2,1,3H3,(H,12,15)(H,13,16). The van der Waals surface area contributed by atoms with Crippen LogP contribution in [0.15, 0.2) is 12.3 Å². The number of carbonyl (C=O) groups is 3. The SMILES string of the molecule is C=C(C)NC(=O)OCC(C=O)COC(=O)NCC. The zero-order valence-electron chi connectivity index (χ0n) is 10.5. The summed E-state index contributed by atoms with van der Waals surface area (Å²) >= 11 is 0. The van der Waals surface area contributed by atoms with Crippen molar-refractivity contribution in [3.63, 3.8) is 0 Å². The molecule has 0 aromatic carbocycles. The Bertz CT molecular complexity index is 317. The molecule has 0 aromatic heterocycles. The predicted octanol–water partition coefficient (Wildman–Crippen LogP) is 0.807. The van der Waals surface area contributed by atoms with Crippen molar-refractivity contribution >= 4 is 18.5 Å². The molecule has 0 aromatic rings. The van der Waals surface area contributed by atoms with Gasteiger partial charge in [-0.3, -0.25) is 5.32 Å². The van der Waals surface area contributed by atoms with E-state index in [4.69, 9.17) is 9.47 Å². The molecule has 0 spiro atoms. The monoisotopic (exact) mass is 258 g/mol. The first kappa shape index (κ1) is 16.0. The van der Waals surface area contributed by atoms with E-state index in [1.807, 2.05) is 0 Å². The second-order valence-corrected chi connectivity index (χ2v) is 3.53. The molecule has 0 saturated carbocycles. The Morgan fingerprint density at radius 2 is 1.83 bits per heavy atom. The molecule has 0 saturated heterocycles. The van der Waals surface area contributed by atoms with E-state index in [9.17, 15) is 14.4 Å². The lowest BCUT2D eigenvalue weighted by Crippen LogP contribution is -2.30. The number of amides is 2. The largest absolute Gasteiger partial charge is 0.449 e. The molecule has 0 rings (SSSR count). The van der Waals surface area contributed by atoms with E-state index in [0.717, 1.165) is 0 Å². The molecule has 0 aliphatic heterocycles. The topological polar surface area (TPSA) is 93.7 Å². The van der Waals surface area contributed by atoms with Crippen molar-refractivity contribution in [2.24, 2.45) is 5.92 Å². The summed E-state index contributed by atoms with van der Waals surface area (Å²) in [5, 5.41) is 4.72. The number of nitrogens with one attached hydrogen (secondary N) is 2. The Morgan fingerprint density at radius 3 is 2.28 bits per heavy atom. The molecule has 2 N–H and O–H groups in total. The van der Waals surface area contributed by atoms with E-state index < -0.39 is 18.1 Å². The molecule has 7 nitrogen and oxygen atoms in total. The van der Waals surface area contributed by atoms with Gasteiger partial charge in [0.15, 0.2) is 0 Å². The predicted molar refractivity (Wildman–Crippen MR) is 63.9 cm³/mol. The normalized spacial score (nSPS) is 11.0. The molecule has 0 fully saturated rings. The summed E-state index contributed by atoms with van der Waals surface area (Å²) in [6.45, 7) is 6.92. The maximum absolute atomic E-state index is 11.1. The van der Waals surface area contributed by atoms with E-state index in [-0.39, 0.29) is 13.2 Å². The first-order valence-electron chi connectivity index (χ1n) is 5.44. The Balaban J connectivity index is 3.90. The third-order valence-corrected chi connectivity index (χ3v) is 1.69. The lowest BCUT2D eigenvalue weighted by molar-refractivity contribution is -0.113. The van der Waals surface area contributed by atoms with Crippen molar-refractivity contribution in [2.75, 3.05) is 19.8 Å². The summed E-state index contributed by atoms with van der Waals surface area (Å²) in [6, 6.07) is 0. The average molecular weight is 258 g/mol. The fourth-order valence-corrected chi connectivity index (χ4v) is 0.898. The first-order chi connectivity index (χ1) is 8.49. The zero-order chi connectivity index (χ0) is 14.0. The highest BCUT2D eigenvalue weighted by Crippen LogP contribution is 1.96. The summed E-state index contributed by atoms with van der Waals surface area (Å²) < 4.78 is 9.48. The smallest absolute Gasteiger partial charge is 0.411 e. The average Bonchev–Trinajstić information content (AvgIpc) is 2.28. The summed E-state index contributed by atoms with van der Waals surface area (Å²) in [7, 11) is 0. The highest BCUT2D eigenvalue weighted by Gasteiger charge is 2.13. The van der Waals surface area contributed by atoms with Crippen molar-refractivity contribution in [1.82, 2.24) is 10.6 Å². The fraction of sp³-hybridized carbons (Fsp3) is 0.545. The summed E-state index contributed by atoms with van der Waals surface area (Å²) in [4.78, 5) is 32.7. The second-order valence-electron chi connectivity index (χ2n) is 3.53. The van der Waals surface area contributed by atoms with Crippen LogP contribution in [0.1, 0.15) is 13.8 Å². The Labute approximate surface area is 106 Å². The number of allylic oxidation sites excluding steroid dienone is 1. The van der Waals surface area contributed by atoms with Crippen LogP contribution in [0.5, 0.6) is 0 Å². The molecule has 0 radical (unpaired) electrons. The summed E-state index contributed by atoms with van der Waals surface area (Å²) in [6.07, 6.45) is -0.754. The summed E-state index contributed by atoms with van der Waals surface area (Å²) in [5.74, 6) is -0.691. The highest BCUT2D eigenvalue weighted by molar-refractivity contribution is 5.69. The van der Waals surface area contributed by atoms with Gasteiger partial charge in [0.25, 0.3) is 0 Å². The second kappa shape index (κ2) is 9.03. The minimum Gasteiger partial charge on any atom is -0.449 e. The van der Waals surface area contributed by atoms with Gasteiger partial charge in [-0.2, -0.15) is 0 Å². The zero-order valence-corrected chi connectivity index (χ0v) is 10.5. The molecule has 2 amide bonds. The minimum atomic E-state index is -0.702. The fourth-order valence-electron chi connectivity index (χ4n) is 0.898. The van der Waals surface area contributed by atoms with Gasteiger partial charge in [0.2, 0.25) is 0 Å². The number of aldehydes is 1. The molecule has 0 aliphatic carbocycles. The molecule has 0 heterocycles. The van der Waals surface area contributed by atoms with Gasteiger partial charge in [-0.25, -0.2) is 9.59 Å². The van der Waals surface area contributed by atoms with E-state index in [0.29, 0.717) is 18.5 Å². The van der Waals surface area contributed by atoms with Crippen LogP contribution in [-0.2, 0) is 14.3 Å². The minimum absolute atomic E-state index is 0.143. The molecule has 7 heteroatoms. The number of hydrogen-bond acceptors (Lipinski definition) is 5. The number of ether oxygens (including phenoxy) is 2. The van der Waals surface area contributed by atoms with Crippen LogP contribution < -0.4 is 10.6 Å². The van der Waals surface area contributed by atoms with E-state index >= 15 is 0 Å². The van der Waals surface area contributed by atoms with Crippen molar-refractivity contribution in [2.45, 2.75) is 13.8 Å². The van der Waals surface area contributed by atoms with Gasteiger partial charge in [-0.05, 0) is 13.8 Å². The van der Waals surface area contributed by atoms with Crippen LogP contribution in [0.3, 0.4) is 0 Å². The molecule has 1 atom stereocenters. The van der Waals surface area contributed by atoms with Gasteiger partial charge < -0.3 is 19.6 Å². The lowest BCUT2D eigenvalue weighted by Gasteiger charge is -2.12. The van der Waals surface area contributed by atoms with Crippen LogP contribution in [0.25, 0.3) is 0 Å². The molecule has 1 unspecified atom stereocenters. The van der Waals surface area contributed by atoms with Gasteiger partial charge in [0.1, 0.15) is 19.5 Å². The van der Waals surface area contributed by atoms with Crippen LogP contribution in [0, 0.1) is 5.92 Å². The van der Waals surface area contributed by atoms with Crippen molar-refractivity contribution in [3.8, 4) is 0 Å². The van der Waals surface area contributed by atoms with Gasteiger partial charge in [-0.15, -0.1) is 0 Å². The maximum Gasteiger partial charge on any atom is 0.411 e. The number of hydrogen-bond donors (Lipinski definition) is 2. The van der Waals surface area contributed by atoms with Crippen molar-refractivity contribution in [3.05, 3.63) is 12.3 Å².